The second-order valence-corrected chi connectivity index (χ2v) is 9.90. The molecule has 0 radical (unpaired) electrons. The lowest BCUT2D eigenvalue weighted by molar-refractivity contribution is -0.539. The molecule has 3 aromatic rings. The van der Waals surface area contributed by atoms with Gasteiger partial charge in [-0.05, 0) is 21.7 Å². The average molecular weight is 471 g/mol. The molecule has 34 heavy (non-hydrogen) atoms. The number of nitrogens with zero attached hydrogens (tertiary/aromatic N) is 5. The molecule has 5 nitrogen and oxygen atoms in total. The summed E-state index contributed by atoms with van der Waals surface area (Å²) >= 11 is 0. The molecule has 5 atom stereocenters. The van der Waals surface area contributed by atoms with Gasteiger partial charge in [-0.15, -0.1) is 9.24 Å². The minimum atomic E-state index is 0.168. The summed E-state index contributed by atoms with van der Waals surface area (Å²) in [5.41, 5.74) is 3.88. The van der Waals surface area contributed by atoms with Crippen molar-refractivity contribution in [3.05, 3.63) is 108 Å². The van der Waals surface area contributed by atoms with E-state index in [1.165, 1.54) is 16.7 Å². The van der Waals surface area contributed by atoms with E-state index in [9.17, 15) is 0 Å². The maximum Gasteiger partial charge on any atom is 0.393 e. The monoisotopic (exact) mass is 470 g/mol. The molecule has 1 saturated heterocycles. The van der Waals surface area contributed by atoms with Gasteiger partial charge in [0.05, 0.1) is 25.9 Å². The third-order valence-corrected chi connectivity index (χ3v) is 8.02. The third-order valence-electron chi connectivity index (χ3n) is 7.21. The Balaban J connectivity index is 1.58. The predicted octanol–water partition coefficient (Wildman–Crippen LogP) is 4.59. The summed E-state index contributed by atoms with van der Waals surface area (Å²) in [5.74, 6) is 2.18. The van der Waals surface area contributed by atoms with Gasteiger partial charge in [-0.25, -0.2) is 0 Å². The van der Waals surface area contributed by atoms with Crippen LogP contribution in [0.25, 0.3) is 0 Å². The minimum absolute atomic E-state index is 0.168. The molecule has 0 amide bonds. The first-order chi connectivity index (χ1) is 16.5. The average Bonchev–Trinajstić information content (AvgIpc) is 3.24. The molecule has 1 unspecified atom stereocenters. The van der Waals surface area contributed by atoms with Crippen LogP contribution in [0.4, 0.5) is 0 Å². The highest BCUT2D eigenvalue weighted by atomic mass is 31.0. The van der Waals surface area contributed by atoms with Crippen LogP contribution in [-0.2, 0) is 0 Å². The van der Waals surface area contributed by atoms with Crippen molar-refractivity contribution < 1.29 is 4.58 Å². The Labute approximate surface area is 205 Å². The molecular weight excluding hydrogens is 437 g/mol. The summed E-state index contributed by atoms with van der Waals surface area (Å²) in [7, 11) is 11.6. The Kier molecular flexibility index (Phi) is 6.14. The van der Waals surface area contributed by atoms with Crippen LogP contribution >= 0.6 is 9.24 Å². The van der Waals surface area contributed by atoms with Crippen molar-refractivity contribution in [2.45, 2.75) is 23.9 Å². The topological polar surface area (TPSA) is 25.1 Å². The van der Waals surface area contributed by atoms with E-state index in [0.29, 0.717) is 0 Å². The Hall–Kier alpha value is -3.17. The lowest BCUT2D eigenvalue weighted by atomic mass is 9.93. The summed E-state index contributed by atoms with van der Waals surface area (Å²) in [6, 6.07) is 32.8. The number of benzene rings is 3. The van der Waals surface area contributed by atoms with Crippen molar-refractivity contribution in [2.24, 2.45) is 4.99 Å². The quantitative estimate of drug-likeness (QED) is 0.414. The fourth-order valence-corrected chi connectivity index (χ4v) is 6.07. The van der Waals surface area contributed by atoms with Gasteiger partial charge in [0.2, 0.25) is 0 Å². The van der Waals surface area contributed by atoms with Crippen molar-refractivity contribution in [2.75, 3.05) is 28.2 Å². The molecule has 0 saturated carbocycles. The first kappa shape index (κ1) is 22.6. The van der Waals surface area contributed by atoms with Gasteiger partial charge in [-0.1, -0.05) is 91.0 Å². The van der Waals surface area contributed by atoms with Gasteiger partial charge in [-0.3, -0.25) is 9.48 Å². The molecule has 1 fully saturated rings. The second-order valence-electron chi connectivity index (χ2n) is 9.21. The minimum Gasteiger partial charge on any atom is -0.323 e. The maximum absolute atomic E-state index is 5.30. The van der Waals surface area contributed by atoms with E-state index in [-0.39, 0.29) is 23.9 Å². The zero-order valence-corrected chi connectivity index (χ0v) is 21.4. The number of hydrogen-bond donors (Lipinski definition) is 0. The summed E-state index contributed by atoms with van der Waals surface area (Å²) in [6.07, 6.45) is 0. The number of hydrogen-bond acceptors (Lipinski definition) is 2. The number of aliphatic imine (C=N–C) groups is 1. The maximum atomic E-state index is 5.30. The first-order valence-corrected chi connectivity index (χ1v) is 12.4. The third kappa shape index (κ3) is 3.78. The van der Waals surface area contributed by atoms with Crippen LogP contribution in [0.5, 0.6) is 0 Å². The van der Waals surface area contributed by atoms with E-state index in [1.54, 1.807) is 0 Å². The smallest absolute Gasteiger partial charge is 0.323 e. The molecule has 0 N–H and O–H groups in total. The van der Waals surface area contributed by atoms with Crippen molar-refractivity contribution in [1.29, 1.82) is 0 Å². The molecule has 3 aromatic carbocycles. The van der Waals surface area contributed by atoms with E-state index in [0.717, 1.165) is 11.9 Å². The molecule has 2 aliphatic rings. The molecule has 5 rings (SSSR count). The van der Waals surface area contributed by atoms with Crippen LogP contribution in [-0.4, -0.2) is 65.2 Å². The van der Waals surface area contributed by atoms with Crippen molar-refractivity contribution in [3.8, 4) is 0 Å². The Bertz CT molecular complexity index is 1200. The van der Waals surface area contributed by atoms with Crippen LogP contribution in [0.1, 0.15) is 34.8 Å². The molecule has 0 bridgehead atoms. The van der Waals surface area contributed by atoms with Crippen LogP contribution in [0, 0.1) is 0 Å². The van der Waals surface area contributed by atoms with Crippen molar-refractivity contribution in [1.82, 2.24) is 14.7 Å². The Morgan fingerprint density at radius 1 is 0.647 bits per heavy atom. The lowest BCUT2D eigenvalue weighted by Gasteiger charge is -2.23. The van der Waals surface area contributed by atoms with E-state index in [4.69, 9.17) is 4.99 Å². The zero-order valence-electron chi connectivity index (χ0n) is 20.3. The van der Waals surface area contributed by atoms with Gasteiger partial charge in [0.25, 0.3) is 5.96 Å². The highest BCUT2D eigenvalue weighted by molar-refractivity contribution is 7.17. The Morgan fingerprint density at radius 3 is 1.65 bits per heavy atom. The van der Waals surface area contributed by atoms with E-state index in [2.05, 4.69) is 148 Å². The van der Waals surface area contributed by atoms with Crippen molar-refractivity contribution in [3.63, 3.8) is 0 Å². The molecule has 0 aromatic heterocycles. The SMILES string of the molecule is CN1C(=NC2=[N+](C)[C@@H](c3ccccc3)[C@H](c3ccccc3)N2C)N(C)[C@@H](c2ccccc2)[C@@H]1P. The molecule has 0 aliphatic carbocycles. The number of guanidine groups is 2. The fraction of sp³-hybridized carbons (Fsp3) is 0.286. The lowest BCUT2D eigenvalue weighted by Crippen LogP contribution is -2.34. The standard InChI is InChI=1S/C28H33N5P/c1-30-23(20-14-8-5-9-15-20)24(21-16-10-6-11-17-21)31(2)27(30)29-28-32(3)25(26(34)33(28)4)22-18-12-7-13-19-22/h5-19,23-26H,34H2,1-4H3/q+1/t23-,24-,25-,26-/m0/s1. The van der Waals surface area contributed by atoms with Crippen LogP contribution in [0.3, 0.4) is 0 Å². The summed E-state index contributed by atoms with van der Waals surface area (Å²) in [6.45, 7) is 0. The largest absolute Gasteiger partial charge is 0.393 e. The fourth-order valence-electron chi connectivity index (χ4n) is 5.46. The van der Waals surface area contributed by atoms with Gasteiger partial charge < -0.3 is 9.80 Å². The van der Waals surface area contributed by atoms with Crippen LogP contribution < -0.4 is 0 Å². The highest BCUT2D eigenvalue weighted by Crippen LogP contribution is 2.41. The number of likely N-dealkylation sites (N-methyl/N-ethyl adjacent to an activating group) is 4. The Morgan fingerprint density at radius 2 is 1.12 bits per heavy atom. The first-order valence-electron chi connectivity index (χ1n) is 11.8. The van der Waals surface area contributed by atoms with Crippen molar-refractivity contribution >= 4 is 21.2 Å². The molecule has 2 heterocycles. The predicted molar refractivity (Wildman–Crippen MR) is 143 cm³/mol. The molecule has 0 spiro atoms. The van der Waals surface area contributed by atoms with E-state index >= 15 is 0 Å². The molecule has 2 aliphatic heterocycles. The van der Waals surface area contributed by atoms with Gasteiger partial charge in [-0.2, -0.15) is 0 Å². The van der Waals surface area contributed by atoms with E-state index < -0.39 is 0 Å². The second kappa shape index (κ2) is 9.23. The normalized spacial score (nSPS) is 26.1. The summed E-state index contributed by atoms with van der Waals surface area (Å²) in [4.78, 5) is 12.2. The van der Waals surface area contributed by atoms with Gasteiger partial charge in [0.15, 0.2) is 0 Å². The van der Waals surface area contributed by atoms with Crippen LogP contribution in [0.2, 0.25) is 0 Å². The summed E-state index contributed by atoms with van der Waals surface area (Å²) < 4.78 is 2.33. The molecule has 6 heteroatoms. The van der Waals surface area contributed by atoms with Gasteiger partial charge >= 0.3 is 5.96 Å². The van der Waals surface area contributed by atoms with E-state index in [1.807, 2.05) is 0 Å². The van der Waals surface area contributed by atoms with Gasteiger partial charge in [0.1, 0.15) is 12.1 Å². The molecule has 174 valence electrons. The van der Waals surface area contributed by atoms with Crippen LogP contribution in [0.15, 0.2) is 96.0 Å². The zero-order chi connectivity index (χ0) is 23.8. The highest BCUT2D eigenvalue weighted by Gasteiger charge is 2.47. The summed E-state index contributed by atoms with van der Waals surface area (Å²) in [5, 5.41) is 0. The van der Waals surface area contributed by atoms with Gasteiger partial charge in [0, 0.05) is 14.1 Å². The molecular formula is C28H33N5P+. The number of rotatable bonds is 3.